The number of benzene rings is 5. The largest absolute Gasteiger partial charge is 0.454 e. The highest BCUT2D eigenvalue weighted by atomic mass is 16.7. The Hall–Kier alpha value is -5.50. The van der Waals surface area contributed by atoms with Crippen molar-refractivity contribution >= 4 is 68.4 Å². The molecule has 0 atom stereocenters. The van der Waals surface area contributed by atoms with Gasteiger partial charge in [0.1, 0.15) is 5.58 Å². The summed E-state index contributed by atoms with van der Waals surface area (Å²) in [5.74, 6) is 3.82. The van der Waals surface area contributed by atoms with Gasteiger partial charge in [-0.3, -0.25) is 4.90 Å². The third-order valence-electron chi connectivity index (χ3n) is 11.2. The van der Waals surface area contributed by atoms with Crippen LogP contribution in [0.15, 0.2) is 83.3 Å². The van der Waals surface area contributed by atoms with Crippen molar-refractivity contribution in [2.75, 3.05) is 23.4 Å². The fourth-order valence-electron chi connectivity index (χ4n) is 8.57. The number of hydrogen-bond acceptors (Lipinski definition) is 7. The van der Waals surface area contributed by atoms with Crippen molar-refractivity contribution < 1.29 is 23.4 Å². The van der Waals surface area contributed by atoms with Crippen LogP contribution in [-0.4, -0.2) is 20.3 Å². The van der Waals surface area contributed by atoms with Crippen molar-refractivity contribution in [2.45, 2.75) is 66.2 Å². The first-order valence-electron chi connectivity index (χ1n) is 18.1. The lowest BCUT2D eigenvalue weighted by Crippen LogP contribution is -2.61. The fraction of sp³-hybridized carbons (Fsp3) is 0.273. The van der Waals surface area contributed by atoms with E-state index in [2.05, 4.69) is 138 Å². The van der Waals surface area contributed by atoms with Crippen LogP contribution in [0.25, 0.3) is 11.0 Å². The molecule has 10 rings (SSSR count). The van der Waals surface area contributed by atoms with E-state index < -0.39 is 0 Å². The summed E-state index contributed by atoms with van der Waals surface area (Å²) in [4.78, 5) is 4.72. The molecule has 52 heavy (non-hydrogen) atoms. The summed E-state index contributed by atoms with van der Waals surface area (Å²) >= 11 is 0. The number of rotatable bonds is 2. The molecule has 0 unspecified atom stereocenters. The lowest BCUT2D eigenvalue weighted by molar-refractivity contribution is 0.173. The Labute approximate surface area is 304 Å². The molecule has 0 aliphatic carbocycles. The number of ether oxygens (including phenoxy) is 4. The highest BCUT2D eigenvalue weighted by Crippen LogP contribution is 2.50. The van der Waals surface area contributed by atoms with Crippen LogP contribution < -0.4 is 45.1 Å². The van der Waals surface area contributed by atoms with Crippen molar-refractivity contribution in [3.63, 3.8) is 0 Å². The van der Waals surface area contributed by atoms with Crippen molar-refractivity contribution in [3.05, 3.63) is 101 Å². The number of nitrogens with zero attached hydrogens (tertiary/aromatic N) is 2. The van der Waals surface area contributed by atoms with Gasteiger partial charge >= 0.3 is 0 Å². The second-order valence-corrected chi connectivity index (χ2v) is 16.6. The van der Waals surface area contributed by atoms with Crippen LogP contribution in [-0.2, 0) is 10.8 Å². The van der Waals surface area contributed by atoms with E-state index in [1.807, 2.05) is 6.07 Å². The van der Waals surface area contributed by atoms with E-state index in [4.69, 9.17) is 23.4 Å². The van der Waals surface area contributed by atoms with Crippen molar-refractivity contribution in [2.24, 2.45) is 0 Å². The Morgan fingerprint density at radius 3 is 1.90 bits per heavy atom. The molecule has 0 radical (unpaired) electrons. The first-order chi connectivity index (χ1) is 24.9. The van der Waals surface area contributed by atoms with E-state index in [9.17, 15) is 0 Å². The fourth-order valence-corrected chi connectivity index (χ4v) is 8.57. The van der Waals surface area contributed by atoms with Gasteiger partial charge in [-0.25, -0.2) is 0 Å². The lowest BCUT2D eigenvalue weighted by atomic mass is 9.33. The highest BCUT2D eigenvalue weighted by Gasteiger charge is 2.47. The smallest absolute Gasteiger partial charge is 0.257 e. The van der Waals surface area contributed by atoms with Gasteiger partial charge in [0.15, 0.2) is 23.0 Å². The van der Waals surface area contributed by atoms with Crippen LogP contribution in [0.1, 0.15) is 63.8 Å². The van der Waals surface area contributed by atoms with Crippen LogP contribution in [0.3, 0.4) is 0 Å². The summed E-state index contributed by atoms with van der Waals surface area (Å²) < 4.78 is 30.8. The van der Waals surface area contributed by atoms with E-state index in [-0.39, 0.29) is 31.1 Å². The molecular formula is C44H41BN2O5. The minimum atomic E-state index is -0.141. The summed E-state index contributed by atoms with van der Waals surface area (Å²) in [6, 6.07) is 28.5. The van der Waals surface area contributed by atoms with Crippen molar-refractivity contribution in [3.8, 4) is 23.0 Å². The van der Waals surface area contributed by atoms with Crippen LogP contribution in [0, 0.1) is 13.8 Å². The second kappa shape index (κ2) is 10.5. The third kappa shape index (κ3) is 4.39. The molecule has 8 heteroatoms. The van der Waals surface area contributed by atoms with Gasteiger partial charge < -0.3 is 28.3 Å². The molecule has 4 aliphatic rings. The minimum Gasteiger partial charge on any atom is -0.454 e. The topological polar surface area (TPSA) is 56.5 Å². The summed E-state index contributed by atoms with van der Waals surface area (Å²) in [6.07, 6.45) is 0. The van der Waals surface area contributed by atoms with E-state index in [0.29, 0.717) is 0 Å². The van der Waals surface area contributed by atoms with Gasteiger partial charge in [-0.15, -0.1) is 0 Å². The van der Waals surface area contributed by atoms with E-state index in [1.165, 1.54) is 27.7 Å². The molecule has 1 aromatic heterocycles. The van der Waals surface area contributed by atoms with Crippen LogP contribution in [0.5, 0.6) is 23.0 Å². The zero-order chi connectivity index (χ0) is 35.8. The average Bonchev–Trinajstić information content (AvgIpc) is 3.85. The van der Waals surface area contributed by atoms with Gasteiger partial charge in [0, 0.05) is 40.0 Å². The summed E-state index contributed by atoms with van der Waals surface area (Å²) in [5.41, 5.74) is 14.7. The van der Waals surface area contributed by atoms with Gasteiger partial charge in [0.2, 0.25) is 19.5 Å². The van der Waals surface area contributed by atoms with Crippen LogP contribution >= 0.6 is 0 Å². The molecule has 0 spiro atoms. The molecule has 0 fully saturated rings. The number of hydrogen-bond donors (Lipinski definition) is 0. The Morgan fingerprint density at radius 2 is 1.21 bits per heavy atom. The standard InChI is InChI=1S/C44H41BN2O5/c1-24-16-27(44(6,7)8)17-25(2)41(24)47-32-11-9-10-31-40(32)45(39-29-18-26(43(3,4)5)12-14-34(29)52-42(39)47)30-20-37-38(51-23-50-37)21-33(30)46(31)28-13-15-35-36(19-28)49-22-48-35/h9-21H,22-23H2,1-8H3. The van der Waals surface area contributed by atoms with Crippen LogP contribution in [0.2, 0.25) is 0 Å². The Balaban J connectivity index is 1.32. The van der Waals surface area contributed by atoms with E-state index in [0.717, 1.165) is 79.2 Å². The Bertz CT molecular complexity index is 2480. The van der Waals surface area contributed by atoms with Crippen molar-refractivity contribution in [1.29, 1.82) is 0 Å². The molecule has 0 N–H and O–H groups in total. The second-order valence-electron chi connectivity index (χ2n) is 16.6. The quantitative estimate of drug-likeness (QED) is 0.168. The molecule has 260 valence electrons. The highest BCUT2D eigenvalue weighted by molar-refractivity contribution is 7.01. The average molecular weight is 689 g/mol. The first-order valence-corrected chi connectivity index (χ1v) is 18.1. The molecule has 6 aromatic rings. The summed E-state index contributed by atoms with van der Waals surface area (Å²) in [7, 11) is 0. The van der Waals surface area contributed by atoms with Gasteiger partial charge in [-0.2, -0.15) is 0 Å². The van der Waals surface area contributed by atoms with Gasteiger partial charge in [0.05, 0.1) is 11.4 Å². The molecule has 5 aromatic carbocycles. The third-order valence-corrected chi connectivity index (χ3v) is 11.2. The number of aryl methyl sites for hydroxylation is 2. The molecule has 0 saturated carbocycles. The maximum absolute atomic E-state index is 7.08. The number of furan rings is 1. The normalized spacial score (nSPS) is 15.3. The number of anilines is 6. The lowest BCUT2D eigenvalue weighted by Gasteiger charge is -2.43. The zero-order valence-corrected chi connectivity index (χ0v) is 30.9. The summed E-state index contributed by atoms with van der Waals surface area (Å²) in [5, 5.41) is 1.12. The van der Waals surface area contributed by atoms with Gasteiger partial charge in [-0.1, -0.05) is 65.8 Å². The molecular weight excluding hydrogens is 647 g/mol. The van der Waals surface area contributed by atoms with Crippen molar-refractivity contribution in [1.82, 2.24) is 0 Å². The summed E-state index contributed by atoms with van der Waals surface area (Å²) in [6.45, 7) is 18.4. The van der Waals surface area contributed by atoms with Crippen LogP contribution in [0.4, 0.5) is 34.3 Å². The predicted octanol–water partition coefficient (Wildman–Crippen LogP) is 9.18. The maximum Gasteiger partial charge on any atom is 0.257 e. The molecule has 7 nitrogen and oxygen atoms in total. The number of fused-ring (bicyclic) bond motifs is 8. The first kappa shape index (κ1) is 31.3. The molecule has 4 aliphatic heterocycles. The molecule has 0 bridgehead atoms. The molecule has 5 heterocycles. The monoisotopic (exact) mass is 688 g/mol. The van der Waals surface area contributed by atoms with E-state index >= 15 is 0 Å². The van der Waals surface area contributed by atoms with E-state index in [1.54, 1.807) is 0 Å². The Morgan fingerprint density at radius 1 is 0.577 bits per heavy atom. The predicted molar refractivity (Wildman–Crippen MR) is 209 cm³/mol. The molecule has 0 amide bonds. The maximum atomic E-state index is 7.08. The molecule has 0 saturated heterocycles. The minimum absolute atomic E-state index is 0.0156. The Kier molecular flexibility index (Phi) is 6.33. The zero-order valence-electron chi connectivity index (χ0n) is 30.9. The SMILES string of the molecule is Cc1cc(C(C)(C)C)cc(C)c1N1c2cccc3c2B(c2cc4c(cc2N3c2ccc3c(c2)OCO3)OCO4)c2c1oc1ccc(C(C)(C)C)cc21. The van der Waals surface area contributed by atoms with Gasteiger partial charge in [0.25, 0.3) is 6.71 Å². The van der Waals surface area contributed by atoms with Gasteiger partial charge in [-0.05, 0) is 100 Å².